The van der Waals surface area contributed by atoms with Gasteiger partial charge in [-0.3, -0.25) is 10.1 Å². The Balaban J connectivity index is 2.29. The Morgan fingerprint density at radius 1 is 1.61 bits per heavy atom. The zero-order valence-corrected chi connectivity index (χ0v) is 10.5. The molecule has 0 radical (unpaired) electrons. The topological polar surface area (TPSA) is 89.8 Å². The van der Waals surface area contributed by atoms with Gasteiger partial charge in [0.2, 0.25) is 5.88 Å². The number of nitrogen functional groups attached to an aromatic ring is 1. The van der Waals surface area contributed by atoms with E-state index < -0.39 is 0 Å². The van der Waals surface area contributed by atoms with E-state index in [1.54, 1.807) is 23.1 Å². The zero-order valence-electron chi connectivity index (χ0n) is 9.72. The summed E-state index contributed by atoms with van der Waals surface area (Å²) in [5.74, 6) is 0.614. The summed E-state index contributed by atoms with van der Waals surface area (Å²) in [5, 5.41) is 11.7. The number of nitrogens with zero attached hydrogens (tertiary/aromatic N) is 3. The molecule has 0 amide bonds. The molecule has 2 rings (SSSR count). The molecule has 0 aromatic carbocycles. The van der Waals surface area contributed by atoms with Crippen molar-refractivity contribution in [3.63, 3.8) is 0 Å². The molecule has 0 saturated carbocycles. The molecule has 0 fully saturated rings. The van der Waals surface area contributed by atoms with E-state index >= 15 is 0 Å². The number of hydrogen-bond donors (Lipinski definition) is 2. The molecular weight excluding hydrogens is 254 g/mol. The van der Waals surface area contributed by atoms with Crippen LogP contribution >= 0.6 is 11.6 Å². The first-order valence-electron chi connectivity index (χ1n) is 5.31. The van der Waals surface area contributed by atoms with Crippen molar-refractivity contribution in [2.75, 3.05) is 0 Å². The maximum Gasteiger partial charge on any atom is 0.239 e. The van der Waals surface area contributed by atoms with Gasteiger partial charge in [-0.25, -0.2) is 4.98 Å². The van der Waals surface area contributed by atoms with E-state index in [0.717, 1.165) is 6.54 Å². The van der Waals surface area contributed by atoms with Crippen molar-refractivity contribution in [2.45, 2.75) is 13.5 Å². The van der Waals surface area contributed by atoms with Gasteiger partial charge in [-0.05, 0) is 13.0 Å². The minimum Gasteiger partial charge on any atom is -0.434 e. The number of hydrogen-bond acceptors (Lipinski definition) is 4. The average Bonchev–Trinajstić information content (AvgIpc) is 2.79. The van der Waals surface area contributed by atoms with Crippen molar-refractivity contribution < 1.29 is 4.74 Å². The van der Waals surface area contributed by atoms with E-state index in [0.29, 0.717) is 11.3 Å². The van der Waals surface area contributed by atoms with Gasteiger partial charge in [0, 0.05) is 18.3 Å². The van der Waals surface area contributed by atoms with Gasteiger partial charge in [0.05, 0.1) is 12.4 Å². The van der Waals surface area contributed by atoms with Crippen LogP contribution < -0.4 is 10.5 Å². The third kappa shape index (κ3) is 2.43. The number of nitrogens with one attached hydrogen (secondary N) is 1. The molecule has 2 heterocycles. The van der Waals surface area contributed by atoms with Gasteiger partial charge in [-0.1, -0.05) is 11.6 Å². The molecule has 0 spiro atoms. The SMILES string of the molecule is CCn1cc(Oc2nccc(C(=N)N)c2Cl)cn1. The van der Waals surface area contributed by atoms with Gasteiger partial charge in [-0.2, -0.15) is 5.10 Å². The van der Waals surface area contributed by atoms with E-state index in [4.69, 9.17) is 27.5 Å². The van der Waals surface area contributed by atoms with Gasteiger partial charge < -0.3 is 10.5 Å². The first-order valence-corrected chi connectivity index (χ1v) is 5.68. The summed E-state index contributed by atoms with van der Waals surface area (Å²) in [6.45, 7) is 2.72. The Labute approximate surface area is 109 Å². The quantitative estimate of drug-likeness (QED) is 0.654. The lowest BCUT2D eigenvalue weighted by atomic mass is 10.2. The average molecular weight is 266 g/mol. The molecule has 2 aromatic heterocycles. The molecule has 0 unspecified atom stereocenters. The highest BCUT2D eigenvalue weighted by Crippen LogP contribution is 2.29. The molecule has 0 bridgehead atoms. The maximum absolute atomic E-state index is 7.38. The first-order chi connectivity index (χ1) is 8.61. The highest BCUT2D eigenvalue weighted by atomic mass is 35.5. The lowest BCUT2D eigenvalue weighted by Crippen LogP contribution is -2.12. The number of pyridine rings is 1. The standard InChI is InChI=1S/C11H12ClN5O/c1-2-17-6-7(5-16-17)18-11-9(12)8(10(13)14)3-4-15-11/h3-6H,2H2,1H3,(H3,13,14). The van der Waals surface area contributed by atoms with Gasteiger partial charge in [0.15, 0.2) is 5.75 Å². The summed E-state index contributed by atoms with van der Waals surface area (Å²) in [6.07, 6.45) is 4.79. The van der Waals surface area contributed by atoms with E-state index in [9.17, 15) is 0 Å². The fourth-order valence-corrected chi connectivity index (χ4v) is 1.64. The summed E-state index contributed by atoms with van der Waals surface area (Å²) < 4.78 is 7.22. The summed E-state index contributed by atoms with van der Waals surface area (Å²) in [4.78, 5) is 4.01. The second-order valence-corrected chi connectivity index (χ2v) is 3.90. The molecule has 0 saturated heterocycles. The molecule has 0 aliphatic carbocycles. The Kier molecular flexibility index (Phi) is 3.47. The number of aromatic nitrogens is 3. The Morgan fingerprint density at radius 3 is 3.00 bits per heavy atom. The summed E-state index contributed by atoms with van der Waals surface area (Å²) in [6, 6.07) is 1.56. The monoisotopic (exact) mass is 265 g/mol. The smallest absolute Gasteiger partial charge is 0.239 e. The number of ether oxygens (including phenoxy) is 1. The maximum atomic E-state index is 7.38. The van der Waals surface area contributed by atoms with E-state index in [1.165, 1.54) is 6.20 Å². The molecule has 7 heteroatoms. The number of nitrogens with two attached hydrogens (primary N) is 1. The van der Waals surface area contributed by atoms with Gasteiger partial charge in [0.25, 0.3) is 0 Å². The lowest BCUT2D eigenvalue weighted by Gasteiger charge is -2.07. The third-order valence-electron chi connectivity index (χ3n) is 2.30. The summed E-state index contributed by atoms with van der Waals surface area (Å²) in [7, 11) is 0. The van der Waals surface area contributed by atoms with Gasteiger partial charge >= 0.3 is 0 Å². The molecule has 94 valence electrons. The van der Waals surface area contributed by atoms with Crippen molar-refractivity contribution in [1.29, 1.82) is 5.41 Å². The van der Waals surface area contributed by atoms with Crippen LogP contribution in [0.1, 0.15) is 12.5 Å². The number of amidine groups is 1. The van der Waals surface area contributed by atoms with E-state index in [2.05, 4.69) is 10.1 Å². The molecule has 0 aliphatic heterocycles. The fraction of sp³-hybridized carbons (Fsp3) is 0.182. The van der Waals surface area contributed by atoms with Crippen LogP contribution in [-0.2, 0) is 6.54 Å². The number of aryl methyl sites for hydroxylation is 1. The van der Waals surface area contributed by atoms with Gasteiger partial charge in [0.1, 0.15) is 10.9 Å². The lowest BCUT2D eigenvalue weighted by molar-refractivity contribution is 0.462. The van der Waals surface area contributed by atoms with Gasteiger partial charge in [-0.15, -0.1) is 0 Å². The Bertz CT molecular complexity index is 581. The van der Waals surface area contributed by atoms with Crippen LogP contribution in [0.5, 0.6) is 11.6 Å². The largest absolute Gasteiger partial charge is 0.434 e. The predicted molar refractivity (Wildman–Crippen MR) is 68.2 cm³/mol. The van der Waals surface area contributed by atoms with E-state index in [1.807, 2.05) is 6.92 Å². The van der Waals surface area contributed by atoms with Crippen LogP contribution in [0.2, 0.25) is 5.02 Å². The first kappa shape index (κ1) is 12.4. The fourth-order valence-electron chi connectivity index (χ4n) is 1.39. The van der Waals surface area contributed by atoms with Crippen molar-refractivity contribution in [3.8, 4) is 11.6 Å². The summed E-state index contributed by atoms with van der Waals surface area (Å²) in [5.41, 5.74) is 5.79. The normalized spacial score (nSPS) is 10.3. The minimum absolute atomic E-state index is 0.128. The third-order valence-corrected chi connectivity index (χ3v) is 2.66. The molecular formula is C11H12ClN5O. The molecule has 18 heavy (non-hydrogen) atoms. The second-order valence-electron chi connectivity index (χ2n) is 3.53. The molecule has 0 atom stereocenters. The van der Waals surface area contributed by atoms with Crippen LogP contribution in [0.15, 0.2) is 24.7 Å². The van der Waals surface area contributed by atoms with Crippen molar-refractivity contribution in [3.05, 3.63) is 35.2 Å². The highest BCUT2D eigenvalue weighted by molar-refractivity contribution is 6.35. The van der Waals surface area contributed by atoms with Crippen molar-refractivity contribution in [2.24, 2.45) is 5.73 Å². The van der Waals surface area contributed by atoms with E-state index in [-0.39, 0.29) is 16.7 Å². The highest BCUT2D eigenvalue weighted by Gasteiger charge is 2.12. The predicted octanol–water partition coefficient (Wildman–Crippen LogP) is 2.03. The van der Waals surface area contributed by atoms with Crippen LogP contribution in [0.25, 0.3) is 0 Å². The summed E-state index contributed by atoms with van der Waals surface area (Å²) >= 11 is 6.06. The Hall–Kier alpha value is -2.08. The van der Waals surface area contributed by atoms with Crippen LogP contribution in [-0.4, -0.2) is 20.6 Å². The zero-order chi connectivity index (χ0) is 13.1. The number of halogens is 1. The van der Waals surface area contributed by atoms with Crippen molar-refractivity contribution >= 4 is 17.4 Å². The Morgan fingerprint density at radius 2 is 2.39 bits per heavy atom. The van der Waals surface area contributed by atoms with Crippen LogP contribution in [0.4, 0.5) is 0 Å². The van der Waals surface area contributed by atoms with Crippen LogP contribution in [0.3, 0.4) is 0 Å². The van der Waals surface area contributed by atoms with Crippen LogP contribution in [0, 0.1) is 5.41 Å². The molecule has 2 aromatic rings. The minimum atomic E-state index is -0.128. The molecule has 0 aliphatic rings. The second kappa shape index (κ2) is 5.05. The molecule has 3 N–H and O–H groups in total. The number of rotatable bonds is 4. The van der Waals surface area contributed by atoms with Crippen molar-refractivity contribution in [1.82, 2.24) is 14.8 Å². The molecule has 6 nitrogen and oxygen atoms in total.